The zero-order valence-corrected chi connectivity index (χ0v) is 8.03. The molecule has 2 fully saturated rings. The minimum atomic E-state index is 0.00176. The lowest BCUT2D eigenvalue weighted by atomic mass is 9.86. The van der Waals surface area contributed by atoms with Gasteiger partial charge in [-0.1, -0.05) is 0 Å². The maximum Gasteiger partial charge on any atom is 0.309 e. The molecule has 2 saturated carbocycles. The number of rotatable bonds is 2. The lowest BCUT2D eigenvalue weighted by molar-refractivity contribution is -0.149. The van der Waals surface area contributed by atoms with Crippen LogP contribution in [0.1, 0.15) is 26.2 Å². The third-order valence-electron chi connectivity index (χ3n) is 3.50. The Morgan fingerprint density at radius 3 is 2.62 bits per heavy atom. The van der Waals surface area contributed by atoms with Crippen molar-refractivity contribution in [2.24, 2.45) is 23.5 Å². The van der Waals surface area contributed by atoms with Crippen LogP contribution in [-0.2, 0) is 9.53 Å². The fourth-order valence-electron chi connectivity index (χ4n) is 2.86. The predicted molar refractivity (Wildman–Crippen MR) is 48.9 cm³/mol. The molecular formula is C10H17NO2. The highest BCUT2D eigenvalue weighted by molar-refractivity contribution is 5.73. The van der Waals surface area contributed by atoms with E-state index in [0.29, 0.717) is 24.5 Å². The Hall–Kier alpha value is -0.570. The number of esters is 1. The summed E-state index contributed by atoms with van der Waals surface area (Å²) in [5, 5.41) is 0. The van der Waals surface area contributed by atoms with Gasteiger partial charge in [-0.3, -0.25) is 4.79 Å². The second-order valence-corrected chi connectivity index (χ2v) is 4.25. The Balaban J connectivity index is 1.95. The van der Waals surface area contributed by atoms with Gasteiger partial charge in [-0.2, -0.15) is 0 Å². The monoisotopic (exact) mass is 183 g/mol. The summed E-state index contributed by atoms with van der Waals surface area (Å²) < 4.78 is 5.03. The average Bonchev–Trinajstić information content (AvgIpc) is 2.62. The predicted octanol–water partition coefficient (Wildman–Crippen LogP) is 0.923. The SMILES string of the molecule is CCOC(=O)C1CC2CC1CC2N. The van der Waals surface area contributed by atoms with E-state index in [0.717, 1.165) is 19.3 Å². The van der Waals surface area contributed by atoms with Crippen LogP contribution in [0.2, 0.25) is 0 Å². The van der Waals surface area contributed by atoms with E-state index in [1.807, 2.05) is 6.92 Å². The molecule has 2 N–H and O–H groups in total. The minimum Gasteiger partial charge on any atom is -0.466 e. The number of fused-ring (bicyclic) bond motifs is 2. The van der Waals surface area contributed by atoms with Crippen LogP contribution in [0.25, 0.3) is 0 Å². The van der Waals surface area contributed by atoms with Gasteiger partial charge in [-0.05, 0) is 38.0 Å². The number of hydrogen-bond donors (Lipinski definition) is 1. The molecule has 13 heavy (non-hydrogen) atoms. The molecule has 2 aliphatic carbocycles. The molecule has 3 heteroatoms. The third kappa shape index (κ3) is 1.46. The largest absolute Gasteiger partial charge is 0.466 e. The van der Waals surface area contributed by atoms with Gasteiger partial charge in [0.2, 0.25) is 0 Å². The number of ether oxygens (including phenoxy) is 1. The van der Waals surface area contributed by atoms with E-state index in [9.17, 15) is 4.79 Å². The molecule has 0 spiro atoms. The highest BCUT2D eigenvalue weighted by Gasteiger charge is 2.47. The quantitative estimate of drug-likeness (QED) is 0.648. The van der Waals surface area contributed by atoms with Crippen LogP contribution < -0.4 is 5.73 Å². The van der Waals surface area contributed by atoms with Gasteiger partial charge in [0.25, 0.3) is 0 Å². The van der Waals surface area contributed by atoms with Crippen molar-refractivity contribution in [3.8, 4) is 0 Å². The van der Waals surface area contributed by atoms with Gasteiger partial charge in [0, 0.05) is 6.04 Å². The molecule has 3 nitrogen and oxygen atoms in total. The van der Waals surface area contributed by atoms with Crippen molar-refractivity contribution in [2.75, 3.05) is 6.61 Å². The van der Waals surface area contributed by atoms with Gasteiger partial charge in [0.15, 0.2) is 0 Å². The first-order valence-electron chi connectivity index (χ1n) is 5.14. The van der Waals surface area contributed by atoms with Crippen molar-refractivity contribution < 1.29 is 9.53 Å². The van der Waals surface area contributed by atoms with Gasteiger partial charge >= 0.3 is 5.97 Å². The zero-order chi connectivity index (χ0) is 9.42. The van der Waals surface area contributed by atoms with Gasteiger partial charge in [-0.15, -0.1) is 0 Å². The topological polar surface area (TPSA) is 52.3 Å². The maximum atomic E-state index is 11.5. The lowest BCUT2D eigenvalue weighted by Gasteiger charge is -2.23. The van der Waals surface area contributed by atoms with Crippen LogP contribution in [0, 0.1) is 17.8 Å². The van der Waals surface area contributed by atoms with E-state index in [2.05, 4.69) is 0 Å². The van der Waals surface area contributed by atoms with Crippen LogP contribution in [0.15, 0.2) is 0 Å². The molecule has 0 aromatic carbocycles. The highest BCUT2D eigenvalue weighted by atomic mass is 16.5. The van der Waals surface area contributed by atoms with Gasteiger partial charge in [0.05, 0.1) is 12.5 Å². The van der Waals surface area contributed by atoms with Crippen molar-refractivity contribution in [2.45, 2.75) is 32.2 Å². The van der Waals surface area contributed by atoms with Crippen molar-refractivity contribution in [3.05, 3.63) is 0 Å². The Bertz CT molecular complexity index is 215. The second-order valence-electron chi connectivity index (χ2n) is 4.25. The van der Waals surface area contributed by atoms with Crippen molar-refractivity contribution in [3.63, 3.8) is 0 Å². The third-order valence-corrected chi connectivity index (χ3v) is 3.50. The lowest BCUT2D eigenvalue weighted by Crippen LogP contribution is -2.33. The average molecular weight is 183 g/mol. The maximum absolute atomic E-state index is 11.5. The van der Waals surface area contributed by atoms with E-state index in [1.54, 1.807) is 0 Å². The minimum absolute atomic E-state index is 0.00176. The molecule has 4 unspecified atom stereocenters. The van der Waals surface area contributed by atoms with Crippen LogP contribution in [0.4, 0.5) is 0 Å². The molecule has 0 amide bonds. The second kappa shape index (κ2) is 3.29. The summed E-state index contributed by atoms with van der Waals surface area (Å²) in [6.07, 6.45) is 3.13. The Morgan fingerprint density at radius 2 is 2.15 bits per heavy atom. The highest BCUT2D eigenvalue weighted by Crippen LogP contribution is 2.48. The smallest absolute Gasteiger partial charge is 0.309 e. The van der Waals surface area contributed by atoms with Gasteiger partial charge in [0.1, 0.15) is 0 Å². The number of carbonyl (C=O) groups is 1. The molecular weight excluding hydrogens is 166 g/mol. The van der Waals surface area contributed by atoms with Crippen LogP contribution in [0.3, 0.4) is 0 Å². The fourth-order valence-corrected chi connectivity index (χ4v) is 2.86. The zero-order valence-electron chi connectivity index (χ0n) is 8.03. The molecule has 0 aromatic rings. The molecule has 0 radical (unpaired) electrons. The number of hydrogen-bond acceptors (Lipinski definition) is 3. The summed E-state index contributed by atoms with van der Waals surface area (Å²) >= 11 is 0. The molecule has 0 saturated heterocycles. The first-order valence-corrected chi connectivity index (χ1v) is 5.14. The van der Waals surface area contributed by atoms with E-state index in [1.165, 1.54) is 0 Å². The van der Waals surface area contributed by atoms with E-state index in [-0.39, 0.29) is 11.9 Å². The molecule has 4 atom stereocenters. The van der Waals surface area contributed by atoms with Crippen LogP contribution >= 0.6 is 0 Å². The standard InChI is InChI=1S/C10H17NO2/c1-2-13-10(12)8-4-7-3-6(8)5-9(7)11/h6-9H,2-5,11H2,1H3. The number of nitrogens with two attached hydrogens (primary N) is 1. The van der Waals surface area contributed by atoms with Gasteiger partial charge < -0.3 is 10.5 Å². The molecule has 2 rings (SSSR count). The first-order chi connectivity index (χ1) is 6.22. The molecule has 0 aliphatic heterocycles. The summed E-state index contributed by atoms with van der Waals surface area (Å²) in [7, 11) is 0. The van der Waals surface area contributed by atoms with Crippen molar-refractivity contribution >= 4 is 5.97 Å². The molecule has 2 aliphatic rings. The molecule has 0 heterocycles. The fraction of sp³-hybridized carbons (Fsp3) is 0.900. The van der Waals surface area contributed by atoms with E-state index >= 15 is 0 Å². The Labute approximate surface area is 78.6 Å². The summed E-state index contributed by atoms with van der Waals surface area (Å²) in [4.78, 5) is 11.5. The molecule has 2 bridgehead atoms. The van der Waals surface area contributed by atoms with Crippen LogP contribution in [0.5, 0.6) is 0 Å². The van der Waals surface area contributed by atoms with E-state index < -0.39 is 0 Å². The summed E-state index contributed by atoms with van der Waals surface area (Å²) in [6.45, 7) is 2.36. The Kier molecular flexibility index (Phi) is 2.28. The normalized spacial score (nSPS) is 42.3. The van der Waals surface area contributed by atoms with Crippen molar-refractivity contribution in [1.82, 2.24) is 0 Å². The summed E-state index contributed by atoms with van der Waals surface area (Å²) in [5.74, 6) is 1.25. The molecule has 74 valence electrons. The summed E-state index contributed by atoms with van der Waals surface area (Å²) in [6, 6.07) is 0.343. The van der Waals surface area contributed by atoms with Gasteiger partial charge in [-0.25, -0.2) is 0 Å². The number of carbonyl (C=O) groups excluding carboxylic acids is 1. The van der Waals surface area contributed by atoms with Crippen LogP contribution in [-0.4, -0.2) is 18.6 Å². The first kappa shape index (κ1) is 9.00. The van der Waals surface area contributed by atoms with E-state index in [4.69, 9.17) is 10.5 Å². The molecule has 0 aromatic heterocycles. The summed E-state index contributed by atoms with van der Waals surface area (Å²) in [5.41, 5.74) is 5.90. The van der Waals surface area contributed by atoms with Crippen molar-refractivity contribution in [1.29, 1.82) is 0 Å². The Morgan fingerprint density at radius 1 is 1.38 bits per heavy atom.